The van der Waals surface area contributed by atoms with Crippen LogP contribution in [0.3, 0.4) is 0 Å². The first-order valence-electron chi connectivity index (χ1n) is 3.14. The van der Waals surface area contributed by atoms with Crippen molar-refractivity contribution in [2.24, 2.45) is 22.6 Å². The van der Waals surface area contributed by atoms with Crippen molar-refractivity contribution in [2.45, 2.75) is 20.3 Å². The van der Waals surface area contributed by atoms with E-state index in [1.807, 2.05) is 13.8 Å². The molecular formula is C6H13N3O. The van der Waals surface area contributed by atoms with E-state index in [4.69, 9.17) is 11.6 Å². The first kappa shape index (κ1) is 8.94. The quantitative estimate of drug-likeness (QED) is 0.249. The monoisotopic (exact) mass is 143 g/mol. The third kappa shape index (κ3) is 3.06. The Morgan fingerprint density at radius 1 is 1.60 bits per heavy atom. The molecule has 0 heterocycles. The zero-order valence-corrected chi connectivity index (χ0v) is 6.29. The highest BCUT2D eigenvalue weighted by atomic mass is 16.1. The molecule has 0 unspecified atom stereocenters. The van der Waals surface area contributed by atoms with Gasteiger partial charge < -0.3 is 11.6 Å². The van der Waals surface area contributed by atoms with Gasteiger partial charge in [-0.15, -0.1) is 0 Å². The molecule has 0 amide bonds. The molecule has 0 atom stereocenters. The number of amidine groups is 1. The van der Waals surface area contributed by atoms with Crippen LogP contribution < -0.4 is 11.6 Å². The Hall–Kier alpha value is -1.06. The van der Waals surface area contributed by atoms with Gasteiger partial charge in [0.05, 0.1) is 0 Å². The van der Waals surface area contributed by atoms with Crippen LogP contribution in [0.25, 0.3) is 0 Å². The van der Waals surface area contributed by atoms with Gasteiger partial charge in [-0.25, -0.2) is 0 Å². The molecule has 58 valence electrons. The number of carbonyl (C=O) groups is 1. The lowest BCUT2D eigenvalue weighted by Gasteiger charge is -2.00. The summed E-state index contributed by atoms with van der Waals surface area (Å²) in [5.74, 6) is 4.82. The molecule has 10 heavy (non-hydrogen) atoms. The van der Waals surface area contributed by atoms with Crippen molar-refractivity contribution in [3.05, 3.63) is 0 Å². The van der Waals surface area contributed by atoms with E-state index in [-0.39, 0.29) is 11.6 Å². The number of rotatable bonds is 3. The molecular weight excluding hydrogens is 130 g/mol. The van der Waals surface area contributed by atoms with E-state index >= 15 is 0 Å². The van der Waals surface area contributed by atoms with Crippen molar-refractivity contribution in [3.63, 3.8) is 0 Å². The maximum absolute atomic E-state index is 10.8. The number of nitrogens with zero attached hydrogens (tertiary/aromatic N) is 1. The lowest BCUT2D eigenvalue weighted by Crippen LogP contribution is -2.26. The van der Waals surface area contributed by atoms with Gasteiger partial charge in [0.15, 0.2) is 11.6 Å². The molecule has 4 nitrogen and oxygen atoms in total. The molecule has 0 saturated heterocycles. The Labute approximate surface area is 60.3 Å². The Morgan fingerprint density at radius 3 is 2.40 bits per heavy atom. The number of hydrazone groups is 1. The normalized spacial score (nSPS) is 12.1. The lowest BCUT2D eigenvalue weighted by atomic mass is 10.1. The number of hydrogen-bond donors (Lipinski definition) is 2. The molecule has 0 rings (SSSR count). The van der Waals surface area contributed by atoms with Gasteiger partial charge in [-0.2, -0.15) is 5.10 Å². The van der Waals surface area contributed by atoms with Gasteiger partial charge in [-0.1, -0.05) is 13.8 Å². The maximum Gasteiger partial charge on any atom is 0.199 e. The second-order valence-electron chi connectivity index (χ2n) is 2.54. The van der Waals surface area contributed by atoms with Gasteiger partial charge in [-0.05, 0) is 5.92 Å². The fraction of sp³-hybridized carbons (Fsp3) is 0.667. The predicted molar refractivity (Wildman–Crippen MR) is 40.3 cm³/mol. The summed E-state index contributed by atoms with van der Waals surface area (Å²) in [6.45, 7) is 3.86. The average Bonchev–Trinajstić information content (AvgIpc) is 1.85. The van der Waals surface area contributed by atoms with Gasteiger partial charge in [0, 0.05) is 6.42 Å². The van der Waals surface area contributed by atoms with E-state index in [9.17, 15) is 4.79 Å². The average molecular weight is 143 g/mol. The van der Waals surface area contributed by atoms with Gasteiger partial charge in [0.25, 0.3) is 0 Å². The molecule has 4 N–H and O–H groups in total. The molecule has 0 aliphatic carbocycles. The SMILES string of the molecule is CC(C)CC(=O)C(N)=NN. The standard InChI is InChI=1S/C6H13N3O/c1-4(2)3-5(10)6(7)9-8/h4H,3,8H2,1-2H3,(H2,7,9). The first-order valence-corrected chi connectivity index (χ1v) is 3.14. The van der Waals surface area contributed by atoms with Crippen LogP contribution >= 0.6 is 0 Å². The molecule has 0 saturated carbocycles. The largest absolute Gasteiger partial charge is 0.379 e. The van der Waals surface area contributed by atoms with E-state index in [0.717, 1.165) is 0 Å². The number of carbonyl (C=O) groups excluding carboxylic acids is 1. The minimum Gasteiger partial charge on any atom is -0.379 e. The van der Waals surface area contributed by atoms with Crippen LogP contribution in [0.4, 0.5) is 0 Å². The van der Waals surface area contributed by atoms with E-state index < -0.39 is 0 Å². The minimum absolute atomic E-state index is 0.0892. The summed E-state index contributed by atoms with van der Waals surface area (Å²) in [6.07, 6.45) is 0.409. The van der Waals surface area contributed by atoms with Crippen molar-refractivity contribution in [1.82, 2.24) is 0 Å². The molecule has 0 fully saturated rings. The van der Waals surface area contributed by atoms with Crippen LogP contribution in [-0.2, 0) is 4.79 Å². The summed E-state index contributed by atoms with van der Waals surface area (Å²) in [7, 11) is 0. The van der Waals surface area contributed by atoms with Gasteiger partial charge in [0.1, 0.15) is 0 Å². The summed E-state index contributed by atoms with van der Waals surface area (Å²) >= 11 is 0. The number of hydrogen-bond acceptors (Lipinski definition) is 3. The molecule has 0 aromatic carbocycles. The third-order valence-corrected chi connectivity index (χ3v) is 1.02. The van der Waals surface area contributed by atoms with E-state index in [1.165, 1.54) is 0 Å². The fourth-order valence-electron chi connectivity index (χ4n) is 0.547. The zero-order chi connectivity index (χ0) is 8.15. The summed E-state index contributed by atoms with van der Waals surface area (Å²) < 4.78 is 0. The van der Waals surface area contributed by atoms with Crippen molar-refractivity contribution in [2.75, 3.05) is 0 Å². The lowest BCUT2D eigenvalue weighted by molar-refractivity contribution is -0.113. The number of nitrogens with two attached hydrogens (primary N) is 2. The molecule has 0 aliphatic heterocycles. The third-order valence-electron chi connectivity index (χ3n) is 1.02. The number of Topliss-reactive ketones (excluding diaryl/α,β-unsaturated/α-hetero) is 1. The van der Waals surface area contributed by atoms with Crippen LogP contribution in [0.5, 0.6) is 0 Å². The molecule has 0 aliphatic rings. The zero-order valence-electron chi connectivity index (χ0n) is 6.29. The Kier molecular flexibility index (Phi) is 3.46. The molecule has 0 bridgehead atoms. The van der Waals surface area contributed by atoms with Crippen molar-refractivity contribution in [3.8, 4) is 0 Å². The van der Waals surface area contributed by atoms with Crippen LogP contribution in [0.15, 0.2) is 5.10 Å². The summed E-state index contributed by atoms with van der Waals surface area (Å²) in [4.78, 5) is 10.8. The smallest absolute Gasteiger partial charge is 0.199 e. The fourth-order valence-corrected chi connectivity index (χ4v) is 0.547. The van der Waals surface area contributed by atoms with Crippen LogP contribution in [0.2, 0.25) is 0 Å². The second-order valence-corrected chi connectivity index (χ2v) is 2.54. The van der Waals surface area contributed by atoms with Crippen LogP contribution in [0.1, 0.15) is 20.3 Å². The van der Waals surface area contributed by atoms with E-state index in [0.29, 0.717) is 12.3 Å². The van der Waals surface area contributed by atoms with Gasteiger partial charge in [0.2, 0.25) is 0 Å². The molecule has 0 radical (unpaired) electrons. The maximum atomic E-state index is 10.8. The van der Waals surface area contributed by atoms with Crippen molar-refractivity contribution < 1.29 is 4.79 Å². The molecule has 4 heteroatoms. The van der Waals surface area contributed by atoms with Crippen LogP contribution in [-0.4, -0.2) is 11.6 Å². The molecule has 0 aromatic heterocycles. The highest BCUT2D eigenvalue weighted by Crippen LogP contribution is 1.99. The topological polar surface area (TPSA) is 81.5 Å². The Bertz CT molecular complexity index is 151. The molecule has 0 aromatic rings. The summed E-state index contributed by atoms with van der Waals surface area (Å²) in [5, 5.41) is 3.09. The van der Waals surface area contributed by atoms with Crippen LogP contribution in [0, 0.1) is 5.92 Å². The number of ketones is 1. The van der Waals surface area contributed by atoms with Gasteiger partial charge >= 0.3 is 0 Å². The molecule has 0 spiro atoms. The van der Waals surface area contributed by atoms with Gasteiger partial charge in [-0.3, -0.25) is 4.79 Å². The van der Waals surface area contributed by atoms with E-state index in [2.05, 4.69) is 5.10 Å². The highest BCUT2D eigenvalue weighted by molar-refractivity contribution is 6.38. The minimum atomic E-state index is -0.183. The van der Waals surface area contributed by atoms with Crippen molar-refractivity contribution in [1.29, 1.82) is 0 Å². The summed E-state index contributed by atoms with van der Waals surface area (Å²) in [6, 6.07) is 0. The van der Waals surface area contributed by atoms with E-state index in [1.54, 1.807) is 0 Å². The predicted octanol–water partition coefficient (Wildman–Crippen LogP) is -0.167. The summed E-state index contributed by atoms with van der Waals surface area (Å²) in [5.41, 5.74) is 5.14. The Balaban J connectivity index is 3.86. The highest BCUT2D eigenvalue weighted by Gasteiger charge is 2.08. The second kappa shape index (κ2) is 3.87. The van der Waals surface area contributed by atoms with Crippen molar-refractivity contribution >= 4 is 11.6 Å². The Morgan fingerprint density at radius 2 is 2.10 bits per heavy atom. The first-order chi connectivity index (χ1) is 4.57.